The van der Waals surface area contributed by atoms with Crippen LogP contribution in [0.3, 0.4) is 0 Å². The van der Waals surface area contributed by atoms with Crippen molar-refractivity contribution in [1.82, 2.24) is 4.90 Å². The van der Waals surface area contributed by atoms with Crippen molar-refractivity contribution in [3.8, 4) is 5.75 Å². The smallest absolute Gasteiger partial charge is 0.291 e. The van der Waals surface area contributed by atoms with E-state index in [0.717, 1.165) is 48.6 Å². The lowest BCUT2D eigenvalue weighted by Gasteiger charge is -2.34. The SMILES string of the molecule is COc1ccc2oc(C(=O)Nc3ccc(N4CCN(C)CC4)cc3)c(C)c2c1. The Morgan fingerprint density at radius 3 is 2.46 bits per heavy atom. The maximum absolute atomic E-state index is 12.7. The number of anilines is 2. The van der Waals surface area contributed by atoms with Gasteiger partial charge in [0.1, 0.15) is 11.3 Å². The number of amides is 1. The predicted octanol–water partition coefficient (Wildman–Crippen LogP) is 3.75. The molecule has 0 unspecified atom stereocenters. The Bertz CT molecular complexity index is 986. The van der Waals surface area contributed by atoms with Crippen LogP contribution >= 0.6 is 0 Å². The summed E-state index contributed by atoms with van der Waals surface area (Å²) in [5, 5.41) is 3.82. The summed E-state index contributed by atoms with van der Waals surface area (Å²) in [5.74, 6) is 0.814. The molecule has 4 rings (SSSR count). The molecule has 146 valence electrons. The standard InChI is InChI=1S/C22H25N3O3/c1-15-19-14-18(27-3)8-9-20(19)28-21(15)22(26)23-16-4-6-17(7-5-16)25-12-10-24(2)11-13-25/h4-9,14H,10-13H2,1-3H3,(H,23,26). The van der Waals surface area contributed by atoms with E-state index in [1.54, 1.807) is 7.11 Å². The van der Waals surface area contributed by atoms with Gasteiger partial charge in [-0.2, -0.15) is 0 Å². The van der Waals surface area contributed by atoms with Gasteiger partial charge >= 0.3 is 0 Å². The highest BCUT2D eigenvalue weighted by atomic mass is 16.5. The first-order valence-corrected chi connectivity index (χ1v) is 9.47. The van der Waals surface area contributed by atoms with Gasteiger partial charge in [0.05, 0.1) is 7.11 Å². The number of aryl methyl sites for hydroxylation is 1. The third-order valence-electron chi connectivity index (χ3n) is 5.34. The van der Waals surface area contributed by atoms with Gasteiger partial charge in [-0.3, -0.25) is 4.79 Å². The van der Waals surface area contributed by atoms with Gasteiger partial charge < -0.3 is 24.3 Å². The Hall–Kier alpha value is -2.99. The van der Waals surface area contributed by atoms with Gasteiger partial charge in [0.2, 0.25) is 0 Å². The van der Waals surface area contributed by atoms with Crippen LogP contribution in [0.4, 0.5) is 11.4 Å². The van der Waals surface area contributed by atoms with Crippen LogP contribution in [0.25, 0.3) is 11.0 Å². The summed E-state index contributed by atoms with van der Waals surface area (Å²) in [6.07, 6.45) is 0. The zero-order valence-corrected chi connectivity index (χ0v) is 16.5. The van der Waals surface area contributed by atoms with E-state index in [4.69, 9.17) is 9.15 Å². The summed E-state index contributed by atoms with van der Waals surface area (Å²) in [6.45, 7) is 6.05. The fourth-order valence-corrected chi connectivity index (χ4v) is 3.55. The molecule has 1 aliphatic heterocycles. The molecule has 1 fully saturated rings. The summed E-state index contributed by atoms with van der Waals surface area (Å²) in [4.78, 5) is 17.4. The summed E-state index contributed by atoms with van der Waals surface area (Å²) in [5.41, 5.74) is 3.41. The van der Waals surface area contributed by atoms with Gasteiger partial charge in [0, 0.05) is 48.5 Å². The molecule has 2 aromatic carbocycles. The topological polar surface area (TPSA) is 58.0 Å². The normalized spacial score (nSPS) is 15.0. The zero-order valence-electron chi connectivity index (χ0n) is 16.5. The molecule has 1 N–H and O–H groups in total. The van der Waals surface area contributed by atoms with Crippen molar-refractivity contribution in [2.75, 3.05) is 50.6 Å². The number of methoxy groups -OCH3 is 1. The molecule has 0 bridgehead atoms. The van der Waals surface area contributed by atoms with Crippen molar-refractivity contribution in [2.24, 2.45) is 0 Å². The van der Waals surface area contributed by atoms with Crippen molar-refractivity contribution < 1.29 is 13.9 Å². The van der Waals surface area contributed by atoms with Crippen LogP contribution in [0.1, 0.15) is 16.1 Å². The quantitative estimate of drug-likeness (QED) is 0.748. The monoisotopic (exact) mass is 379 g/mol. The summed E-state index contributed by atoms with van der Waals surface area (Å²) in [6, 6.07) is 13.5. The van der Waals surface area contributed by atoms with Crippen molar-refractivity contribution in [1.29, 1.82) is 0 Å². The number of likely N-dealkylation sites (N-methyl/N-ethyl adjacent to an activating group) is 1. The van der Waals surface area contributed by atoms with Gasteiger partial charge in [-0.05, 0) is 56.4 Å². The maximum Gasteiger partial charge on any atom is 0.291 e. The van der Waals surface area contributed by atoms with E-state index in [0.29, 0.717) is 11.3 Å². The lowest BCUT2D eigenvalue weighted by atomic mass is 10.1. The van der Waals surface area contributed by atoms with Gasteiger partial charge in [-0.15, -0.1) is 0 Å². The van der Waals surface area contributed by atoms with Crippen LogP contribution in [0.5, 0.6) is 5.75 Å². The maximum atomic E-state index is 12.7. The first kappa shape index (κ1) is 18.4. The number of carbonyl (C=O) groups excluding carboxylic acids is 1. The predicted molar refractivity (Wildman–Crippen MR) is 112 cm³/mol. The molecule has 28 heavy (non-hydrogen) atoms. The van der Waals surface area contributed by atoms with E-state index in [-0.39, 0.29) is 5.91 Å². The third-order valence-corrected chi connectivity index (χ3v) is 5.34. The van der Waals surface area contributed by atoms with Gasteiger partial charge in [0.15, 0.2) is 5.76 Å². The second kappa shape index (κ2) is 7.56. The molecule has 6 nitrogen and oxygen atoms in total. The van der Waals surface area contributed by atoms with Gasteiger partial charge in [-0.1, -0.05) is 0 Å². The number of furan rings is 1. The molecule has 1 saturated heterocycles. The van der Waals surface area contributed by atoms with Gasteiger partial charge in [-0.25, -0.2) is 0 Å². The molecule has 2 heterocycles. The summed E-state index contributed by atoms with van der Waals surface area (Å²) < 4.78 is 11.0. The number of benzene rings is 2. The average molecular weight is 379 g/mol. The lowest BCUT2D eigenvalue weighted by Crippen LogP contribution is -2.44. The van der Waals surface area contributed by atoms with Crippen molar-refractivity contribution in [2.45, 2.75) is 6.92 Å². The molecule has 0 atom stereocenters. The Kier molecular flexibility index (Phi) is 4.96. The molecule has 0 radical (unpaired) electrons. The van der Waals surface area contributed by atoms with Crippen LogP contribution in [0.15, 0.2) is 46.9 Å². The first-order chi connectivity index (χ1) is 13.5. The van der Waals surface area contributed by atoms with E-state index >= 15 is 0 Å². The lowest BCUT2D eigenvalue weighted by molar-refractivity contribution is 0.0998. The zero-order chi connectivity index (χ0) is 19.7. The second-order valence-corrected chi connectivity index (χ2v) is 7.21. The van der Waals surface area contributed by atoms with E-state index < -0.39 is 0 Å². The van der Waals surface area contributed by atoms with Crippen LogP contribution in [0.2, 0.25) is 0 Å². The van der Waals surface area contributed by atoms with Crippen molar-refractivity contribution in [3.63, 3.8) is 0 Å². The molecule has 1 aromatic heterocycles. The highest BCUT2D eigenvalue weighted by Gasteiger charge is 2.19. The number of fused-ring (bicyclic) bond motifs is 1. The molecule has 0 spiro atoms. The largest absolute Gasteiger partial charge is 0.497 e. The average Bonchev–Trinajstić information content (AvgIpc) is 3.05. The molecule has 0 aliphatic carbocycles. The molecule has 0 saturated carbocycles. The summed E-state index contributed by atoms with van der Waals surface area (Å²) >= 11 is 0. The van der Waals surface area contributed by atoms with Crippen molar-refractivity contribution in [3.05, 3.63) is 53.8 Å². The van der Waals surface area contributed by atoms with Crippen LogP contribution in [-0.2, 0) is 0 Å². The second-order valence-electron chi connectivity index (χ2n) is 7.21. The number of piperazine rings is 1. The van der Waals surface area contributed by atoms with Crippen LogP contribution in [-0.4, -0.2) is 51.1 Å². The fourth-order valence-electron chi connectivity index (χ4n) is 3.55. The van der Waals surface area contributed by atoms with E-state index in [1.807, 2.05) is 37.3 Å². The Morgan fingerprint density at radius 1 is 1.07 bits per heavy atom. The summed E-state index contributed by atoms with van der Waals surface area (Å²) in [7, 11) is 3.77. The van der Waals surface area contributed by atoms with E-state index in [9.17, 15) is 4.79 Å². The molecule has 3 aromatic rings. The third kappa shape index (κ3) is 3.55. The molecule has 6 heteroatoms. The van der Waals surface area contributed by atoms with E-state index in [1.165, 1.54) is 5.69 Å². The fraction of sp³-hybridized carbons (Fsp3) is 0.318. The minimum atomic E-state index is -0.250. The first-order valence-electron chi connectivity index (χ1n) is 9.47. The van der Waals surface area contributed by atoms with Crippen LogP contribution < -0.4 is 15.0 Å². The Labute approximate surface area is 164 Å². The highest BCUT2D eigenvalue weighted by Crippen LogP contribution is 2.29. The van der Waals surface area contributed by atoms with Gasteiger partial charge in [0.25, 0.3) is 5.91 Å². The number of hydrogen-bond acceptors (Lipinski definition) is 5. The Balaban J connectivity index is 1.49. The number of nitrogens with zero attached hydrogens (tertiary/aromatic N) is 2. The number of carbonyl (C=O) groups is 1. The van der Waals surface area contributed by atoms with E-state index in [2.05, 4.69) is 34.3 Å². The number of hydrogen-bond donors (Lipinski definition) is 1. The van der Waals surface area contributed by atoms with Crippen LogP contribution in [0, 0.1) is 6.92 Å². The minimum Gasteiger partial charge on any atom is -0.497 e. The minimum absolute atomic E-state index is 0.250. The number of ether oxygens (including phenoxy) is 1. The highest BCUT2D eigenvalue weighted by molar-refractivity contribution is 6.06. The Morgan fingerprint density at radius 2 is 1.79 bits per heavy atom. The number of rotatable bonds is 4. The van der Waals surface area contributed by atoms with Crippen molar-refractivity contribution >= 4 is 28.3 Å². The molecular formula is C22H25N3O3. The number of nitrogens with one attached hydrogen (secondary N) is 1. The molecular weight excluding hydrogens is 354 g/mol. The molecule has 1 aliphatic rings. The molecule has 1 amide bonds.